The van der Waals surface area contributed by atoms with Crippen molar-refractivity contribution in [2.24, 2.45) is 5.73 Å². The van der Waals surface area contributed by atoms with Gasteiger partial charge in [0.1, 0.15) is 11.6 Å². The average molecular weight is 209 g/mol. The third-order valence-corrected chi connectivity index (χ3v) is 1.89. The van der Waals surface area contributed by atoms with Gasteiger partial charge in [-0.1, -0.05) is 30.4 Å². The van der Waals surface area contributed by atoms with E-state index in [-0.39, 0.29) is 12.6 Å². The van der Waals surface area contributed by atoms with E-state index in [0.717, 1.165) is 11.1 Å². The Morgan fingerprint density at radius 1 is 1.57 bits per heavy atom. The van der Waals surface area contributed by atoms with Gasteiger partial charge in [0.15, 0.2) is 0 Å². The fourth-order valence-corrected chi connectivity index (χ4v) is 1.13. The Labute approximate surface area is 87.9 Å². The van der Waals surface area contributed by atoms with Crippen molar-refractivity contribution in [3.63, 3.8) is 0 Å². The number of benzene rings is 1. The molecule has 0 saturated heterocycles. The molecule has 0 aliphatic carbocycles. The van der Waals surface area contributed by atoms with E-state index in [1.807, 2.05) is 24.3 Å². The number of ether oxygens (including phenoxy) is 1. The van der Waals surface area contributed by atoms with E-state index in [2.05, 4.69) is 0 Å². The maximum atomic E-state index is 10.6. The van der Waals surface area contributed by atoms with E-state index in [4.69, 9.17) is 22.7 Å². The highest BCUT2D eigenvalue weighted by molar-refractivity contribution is 7.80. The average Bonchev–Trinajstić information content (AvgIpc) is 2.15. The third kappa shape index (κ3) is 3.14. The number of esters is 1. The molecule has 2 N–H and O–H groups in total. The first-order valence-electron chi connectivity index (χ1n) is 4.11. The highest BCUT2D eigenvalue weighted by Gasteiger charge is 1.99. The van der Waals surface area contributed by atoms with Crippen molar-refractivity contribution in [1.29, 1.82) is 0 Å². The number of nitrogens with two attached hydrogens (primary N) is 1. The summed E-state index contributed by atoms with van der Waals surface area (Å²) in [5.41, 5.74) is 7.12. The summed E-state index contributed by atoms with van der Waals surface area (Å²) >= 11 is 4.83. The van der Waals surface area contributed by atoms with Crippen molar-refractivity contribution < 1.29 is 9.53 Å². The molecule has 0 saturated carbocycles. The highest BCUT2D eigenvalue weighted by atomic mass is 32.1. The van der Waals surface area contributed by atoms with Crippen LogP contribution in [0.5, 0.6) is 0 Å². The van der Waals surface area contributed by atoms with Gasteiger partial charge in [-0.15, -0.1) is 0 Å². The van der Waals surface area contributed by atoms with E-state index in [0.29, 0.717) is 4.99 Å². The van der Waals surface area contributed by atoms with E-state index in [9.17, 15) is 4.79 Å². The summed E-state index contributed by atoms with van der Waals surface area (Å²) in [6.07, 6.45) is 0. The number of hydrogen-bond acceptors (Lipinski definition) is 3. The molecule has 0 radical (unpaired) electrons. The van der Waals surface area contributed by atoms with Crippen LogP contribution in [0.2, 0.25) is 0 Å². The fraction of sp³-hybridized carbons (Fsp3) is 0.200. The smallest absolute Gasteiger partial charge is 0.302 e. The Morgan fingerprint density at radius 3 is 2.86 bits per heavy atom. The zero-order chi connectivity index (χ0) is 10.6. The maximum Gasteiger partial charge on any atom is 0.302 e. The van der Waals surface area contributed by atoms with Gasteiger partial charge in [0.25, 0.3) is 0 Å². The van der Waals surface area contributed by atoms with Crippen LogP contribution in [0.4, 0.5) is 0 Å². The number of thiocarbonyl (C=S) groups is 1. The van der Waals surface area contributed by atoms with Gasteiger partial charge in [-0.2, -0.15) is 0 Å². The van der Waals surface area contributed by atoms with Gasteiger partial charge in [0.2, 0.25) is 0 Å². The summed E-state index contributed by atoms with van der Waals surface area (Å²) in [7, 11) is 0. The number of hydrogen-bond donors (Lipinski definition) is 1. The third-order valence-electron chi connectivity index (χ3n) is 1.65. The van der Waals surface area contributed by atoms with Crippen LogP contribution in [0.15, 0.2) is 24.3 Å². The molecule has 4 heteroatoms. The quantitative estimate of drug-likeness (QED) is 0.603. The number of carbonyl (C=O) groups is 1. The molecule has 0 heterocycles. The second-order valence-corrected chi connectivity index (χ2v) is 3.28. The van der Waals surface area contributed by atoms with E-state index >= 15 is 0 Å². The molecule has 0 aliphatic rings. The van der Waals surface area contributed by atoms with Crippen LogP contribution in [0.25, 0.3) is 0 Å². The molecule has 0 aromatic heterocycles. The molecule has 74 valence electrons. The van der Waals surface area contributed by atoms with Gasteiger partial charge in [0, 0.05) is 12.5 Å². The van der Waals surface area contributed by atoms with Gasteiger partial charge < -0.3 is 10.5 Å². The molecule has 1 aromatic carbocycles. The molecular weight excluding hydrogens is 198 g/mol. The zero-order valence-corrected chi connectivity index (χ0v) is 8.64. The molecule has 1 rings (SSSR count). The number of carbonyl (C=O) groups excluding carboxylic acids is 1. The largest absolute Gasteiger partial charge is 0.461 e. The topological polar surface area (TPSA) is 52.3 Å². The van der Waals surface area contributed by atoms with Crippen LogP contribution in [0, 0.1) is 0 Å². The number of rotatable bonds is 3. The van der Waals surface area contributed by atoms with Crippen molar-refractivity contribution in [2.45, 2.75) is 13.5 Å². The predicted molar refractivity (Wildman–Crippen MR) is 57.8 cm³/mol. The lowest BCUT2D eigenvalue weighted by Gasteiger charge is -2.04. The van der Waals surface area contributed by atoms with Crippen LogP contribution in [0.1, 0.15) is 18.1 Å². The van der Waals surface area contributed by atoms with Crippen molar-refractivity contribution in [2.75, 3.05) is 0 Å². The summed E-state index contributed by atoms with van der Waals surface area (Å²) in [4.78, 5) is 10.9. The normalized spacial score (nSPS) is 9.50. The summed E-state index contributed by atoms with van der Waals surface area (Å²) < 4.78 is 4.84. The molecule has 3 nitrogen and oxygen atoms in total. The van der Waals surface area contributed by atoms with Gasteiger partial charge in [-0.25, -0.2) is 0 Å². The second-order valence-electron chi connectivity index (χ2n) is 2.84. The van der Waals surface area contributed by atoms with Gasteiger partial charge in [-0.05, 0) is 11.6 Å². The Balaban J connectivity index is 2.73. The van der Waals surface area contributed by atoms with Gasteiger partial charge in [0.05, 0.1) is 0 Å². The van der Waals surface area contributed by atoms with E-state index in [1.165, 1.54) is 6.92 Å². The molecule has 0 unspecified atom stereocenters. The molecule has 0 amide bonds. The molecule has 14 heavy (non-hydrogen) atoms. The highest BCUT2D eigenvalue weighted by Crippen LogP contribution is 2.06. The Morgan fingerprint density at radius 2 is 2.29 bits per heavy atom. The maximum absolute atomic E-state index is 10.6. The summed E-state index contributed by atoms with van der Waals surface area (Å²) in [5.74, 6) is -0.300. The fourth-order valence-electron chi connectivity index (χ4n) is 0.999. The molecule has 0 spiro atoms. The van der Waals surface area contributed by atoms with Gasteiger partial charge in [-0.3, -0.25) is 4.79 Å². The Bertz CT molecular complexity index is 363. The van der Waals surface area contributed by atoms with Crippen molar-refractivity contribution >= 4 is 23.2 Å². The minimum absolute atomic E-state index is 0.256. The molecule has 0 fully saturated rings. The van der Waals surface area contributed by atoms with Crippen molar-refractivity contribution in [3.05, 3.63) is 35.4 Å². The van der Waals surface area contributed by atoms with Gasteiger partial charge >= 0.3 is 5.97 Å². The Kier molecular flexibility index (Phi) is 3.59. The monoisotopic (exact) mass is 209 g/mol. The minimum atomic E-state index is -0.300. The summed E-state index contributed by atoms with van der Waals surface area (Å²) in [6, 6.07) is 7.31. The first-order chi connectivity index (χ1) is 6.59. The van der Waals surface area contributed by atoms with Crippen LogP contribution in [-0.2, 0) is 16.1 Å². The van der Waals surface area contributed by atoms with Crippen LogP contribution in [0.3, 0.4) is 0 Å². The Hall–Kier alpha value is -1.42. The summed E-state index contributed by atoms with van der Waals surface area (Å²) in [6.45, 7) is 1.63. The minimum Gasteiger partial charge on any atom is -0.461 e. The lowest BCUT2D eigenvalue weighted by Crippen LogP contribution is -2.09. The van der Waals surface area contributed by atoms with Crippen LogP contribution < -0.4 is 5.73 Å². The van der Waals surface area contributed by atoms with Crippen molar-refractivity contribution in [1.82, 2.24) is 0 Å². The molecule has 0 atom stereocenters. The standard InChI is InChI=1S/C10H11NO2S/c1-7(12)13-6-8-3-2-4-9(5-8)10(11)14/h2-5H,6H2,1H3,(H2,11,14). The lowest BCUT2D eigenvalue weighted by atomic mass is 10.1. The van der Waals surface area contributed by atoms with E-state index in [1.54, 1.807) is 0 Å². The zero-order valence-electron chi connectivity index (χ0n) is 7.82. The van der Waals surface area contributed by atoms with Crippen LogP contribution in [-0.4, -0.2) is 11.0 Å². The second kappa shape index (κ2) is 4.72. The first kappa shape index (κ1) is 10.7. The molecule has 0 bridgehead atoms. The SMILES string of the molecule is CC(=O)OCc1cccc(C(N)=S)c1. The lowest BCUT2D eigenvalue weighted by molar-refractivity contribution is -0.142. The molecular formula is C10H11NO2S. The van der Waals surface area contributed by atoms with Crippen molar-refractivity contribution in [3.8, 4) is 0 Å². The van der Waals surface area contributed by atoms with E-state index < -0.39 is 0 Å². The predicted octanol–water partition coefficient (Wildman–Crippen LogP) is 1.38. The molecule has 0 aliphatic heterocycles. The first-order valence-corrected chi connectivity index (χ1v) is 4.52. The summed E-state index contributed by atoms with van der Waals surface area (Å²) in [5, 5.41) is 0. The van der Waals surface area contributed by atoms with Crippen LogP contribution >= 0.6 is 12.2 Å². The molecule has 1 aromatic rings.